The largest absolute Gasteiger partial charge is 0.416 e. The van der Waals surface area contributed by atoms with Crippen LogP contribution in [0.4, 0.5) is 18.9 Å². The van der Waals surface area contributed by atoms with Crippen LogP contribution < -0.4 is 4.90 Å². The van der Waals surface area contributed by atoms with E-state index in [9.17, 15) is 18.0 Å². The monoisotopic (exact) mass is 543 g/mol. The zero-order chi connectivity index (χ0) is 27.2. The number of aromatic nitrogens is 1. The predicted octanol–water partition coefficient (Wildman–Crippen LogP) is 4.91. The summed E-state index contributed by atoms with van der Waals surface area (Å²) in [7, 11) is 0. The Bertz CT molecular complexity index is 1070. The fourth-order valence-corrected chi connectivity index (χ4v) is 6.52. The van der Waals surface area contributed by atoms with E-state index in [1.807, 2.05) is 23.2 Å². The van der Waals surface area contributed by atoms with Gasteiger partial charge in [0.25, 0.3) is 0 Å². The highest BCUT2D eigenvalue weighted by Gasteiger charge is 2.36. The fourth-order valence-electron chi connectivity index (χ4n) is 6.52. The number of anilines is 1. The molecule has 39 heavy (non-hydrogen) atoms. The lowest BCUT2D eigenvalue weighted by molar-refractivity contribution is -0.137. The van der Waals surface area contributed by atoms with Crippen molar-refractivity contribution in [2.45, 2.75) is 57.3 Å². The minimum Gasteiger partial charge on any atom is -0.369 e. The van der Waals surface area contributed by atoms with Crippen molar-refractivity contribution in [2.24, 2.45) is 5.92 Å². The molecule has 0 N–H and O–H groups in total. The van der Waals surface area contributed by atoms with Gasteiger partial charge in [-0.1, -0.05) is 12.1 Å². The van der Waals surface area contributed by atoms with Gasteiger partial charge in [0.1, 0.15) is 0 Å². The first-order chi connectivity index (χ1) is 18.9. The molecule has 2 atom stereocenters. The van der Waals surface area contributed by atoms with Crippen LogP contribution in [0, 0.1) is 5.92 Å². The van der Waals surface area contributed by atoms with Crippen molar-refractivity contribution in [2.75, 3.05) is 57.3 Å². The summed E-state index contributed by atoms with van der Waals surface area (Å²) >= 11 is 0. The number of carbonyl (C=O) groups excluding carboxylic acids is 1. The first-order valence-electron chi connectivity index (χ1n) is 14.4. The van der Waals surface area contributed by atoms with Gasteiger partial charge in [0, 0.05) is 83.2 Å². The molecule has 1 aromatic heterocycles. The summed E-state index contributed by atoms with van der Waals surface area (Å²) in [6, 6.07) is 12.1. The summed E-state index contributed by atoms with van der Waals surface area (Å²) in [5.74, 6) is 0.654. The summed E-state index contributed by atoms with van der Waals surface area (Å²) < 4.78 is 39.7. The van der Waals surface area contributed by atoms with Gasteiger partial charge in [-0.15, -0.1) is 0 Å². The summed E-state index contributed by atoms with van der Waals surface area (Å²) in [6.45, 7) is 7.53. The number of piperazine rings is 1. The summed E-state index contributed by atoms with van der Waals surface area (Å²) in [6.07, 6.45) is 3.40. The fraction of sp³-hybridized carbons (Fsp3) is 0.600. The number of amides is 1. The number of alkyl halides is 3. The average molecular weight is 544 g/mol. The smallest absolute Gasteiger partial charge is 0.369 e. The molecular weight excluding hydrogens is 503 g/mol. The van der Waals surface area contributed by atoms with Crippen LogP contribution in [0.15, 0.2) is 48.7 Å². The van der Waals surface area contributed by atoms with E-state index in [-0.39, 0.29) is 5.91 Å². The molecule has 0 radical (unpaired) electrons. The van der Waals surface area contributed by atoms with Crippen molar-refractivity contribution in [1.82, 2.24) is 19.7 Å². The Kier molecular flexibility index (Phi) is 9.07. The van der Waals surface area contributed by atoms with Gasteiger partial charge in [0.15, 0.2) is 0 Å². The third-order valence-electron chi connectivity index (χ3n) is 8.65. The van der Waals surface area contributed by atoms with Crippen molar-refractivity contribution in [3.05, 3.63) is 59.9 Å². The van der Waals surface area contributed by atoms with Crippen LogP contribution in [0.3, 0.4) is 0 Å². The molecule has 1 amide bonds. The molecule has 3 aliphatic heterocycles. The number of hydrogen-bond acceptors (Lipinski definition) is 5. The Morgan fingerprint density at radius 3 is 2.44 bits per heavy atom. The highest BCUT2D eigenvalue weighted by molar-refractivity contribution is 5.76. The Morgan fingerprint density at radius 2 is 1.72 bits per heavy atom. The van der Waals surface area contributed by atoms with Gasteiger partial charge >= 0.3 is 6.18 Å². The van der Waals surface area contributed by atoms with E-state index >= 15 is 0 Å². The van der Waals surface area contributed by atoms with Gasteiger partial charge in [-0.05, 0) is 68.4 Å². The van der Waals surface area contributed by atoms with Crippen molar-refractivity contribution in [3.63, 3.8) is 0 Å². The van der Waals surface area contributed by atoms with Crippen LogP contribution in [0.2, 0.25) is 0 Å². The lowest BCUT2D eigenvalue weighted by atomic mass is 9.86. The lowest BCUT2D eigenvalue weighted by Gasteiger charge is -2.47. The predicted molar refractivity (Wildman–Crippen MR) is 146 cm³/mol. The van der Waals surface area contributed by atoms with Crippen LogP contribution in [0.1, 0.15) is 49.8 Å². The van der Waals surface area contributed by atoms with Crippen molar-refractivity contribution >= 4 is 11.6 Å². The Morgan fingerprint density at radius 1 is 0.923 bits per heavy atom. The summed E-state index contributed by atoms with van der Waals surface area (Å²) in [5.41, 5.74) is 1.10. The van der Waals surface area contributed by atoms with Crippen molar-refractivity contribution in [1.29, 1.82) is 0 Å². The zero-order valence-electron chi connectivity index (χ0n) is 22.7. The number of halogens is 3. The number of benzene rings is 1. The molecule has 9 heteroatoms. The van der Waals surface area contributed by atoms with E-state index in [0.717, 1.165) is 83.3 Å². The molecule has 1 aromatic carbocycles. The van der Waals surface area contributed by atoms with E-state index in [1.54, 1.807) is 6.07 Å². The van der Waals surface area contributed by atoms with Gasteiger partial charge in [-0.2, -0.15) is 13.2 Å². The van der Waals surface area contributed by atoms with E-state index in [4.69, 9.17) is 0 Å². The van der Waals surface area contributed by atoms with Crippen LogP contribution in [0.5, 0.6) is 0 Å². The van der Waals surface area contributed by atoms with Gasteiger partial charge in [0.2, 0.25) is 5.91 Å². The molecule has 3 aliphatic rings. The molecule has 0 aliphatic carbocycles. The Hall–Kier alpha value is -2.65. The summed E-state index contributed by atoms with van der Waals surface area (Å²) in [4.78, 5) is 26.6. The molecule has 6 nitrogen and oxygen atoms in total. The van der Waals surface area contributed by atoms with Crippen LogP contribution in [0.25, 0.3) is 0 Å². The molecule has 3 fully saturated rings. The Labute approximate surface area is 229 Å². The highest BCUT2D eigenvalue weighted by atomic mass is 19.4. The van der Waals surface area contributed by atoms with Gasteiger partial charge in [0.05, 0.1) is 11.3 Å². The third-order valence-corrected chi connectivity index (χ3v) is 8.65. The molecule has 3 saturated heterocycles. The quantitative estimate of drug-likeness (QED) is 0.497. The van der Waals surface area contributed by atoms with E-state index < -0.39 is 11.7 Å². The molecule has 4 heterocycles. The lowest BCUT2D eigenvalue weighted by Crippen LogP contribution is -2.56. The molecule has 2 aromatic rings. The van der Waals surface area contributed by atoms with Crippen LogP contribution >= 0.6 is 0 Å². The molecule has 0 spiro atoms. The van der Waals surface area contributed by atoms with Crippen LogP contribution in [-0.2, 0) is 17.5 Å². The maximum Gasteiger partial charge on any atom is 0.416 e. The van der Waals surface area contributed by atoms with Crippen LogP contribution in [-0.4, -0.2) is 84.0 Å². The maximum absolute atomic E-state index is 13.2. The molecule has 0 bridgehead atoms. The number of piperidine rings is 2. The first-order valence-corrected chi connectivity index (χ1v) is 14.4. The number of rotatable bonds is 7. The second-order valence-electron chi connectivity index (χ2n) is 11.2. The number of likely N-dealkylation sites (tertiary alicyclic amines) is 2. The van der Waals surface area contributed by atoms with Gasteiger partial charge in [-0.25, -0.2) is 0 Å². The first kappa shape index (κ1) is 27.9. The minimum absolute atomic E-state index is 0.282. The molecule has 0 saturated carbocycles. The standard InChI is InChI=1S/C30H40F3N5O/c31-30(32,33)25-7-6-9-27(21-25)36-17-19-37(20-18-36)28-12-16-35(23-26-8-2-3-13-34-26)22-24(28)10-11-29(39)38-14-4-1-5-15-38/h2-3,6-9,13,21,24,28H,1,4-5,10-12,14-20,22-23H2/t24-,28+/m1/s1. The van der Waals surface area contributed by atoms with Crippen molar-refractivity contribution < 1.29 is 18.0 Å². The third kappa shape index (κ3) is 7.31. The van der Waals surface area contributed by atoms with E-state index in [2.05, 4.69) is 25.8 Å². The van der Waals surface area contributed by atoms with Gasteiger partial charge < -0.3 is 9.80 Å². The number of hydrogen-bond donors (Lipinski definition) is 0. The van der Waals surface area contributed by atoms with Crippen molar-refractivity contribution in [3.8, 4) is 0 Å². The zero-order valence-corrected chi connectivity index (χ0v) is 22.7. The normalized spacial score (nSPS) is 23.7. The average Bonchev–Trinajstić information content (AvgIpc) is 2.97. The molecular formula is C30H40F3N5O. The molecule has 0 unspecified atom stereocenters. The topological polar surface area (TPSA) is 42.9 Å². The van der Waals surface area contributed by atoms with Gasteiger partial charge in [-0.3, -0.25) is 19.6 Å². The molecule has 212 valence electrons. The highest BCUT2D eigenvalue weighted by Crippen LogP contribution is 2.33. The second-order valence-corrected chi connectivity index (χ2v) is 11.2. The minimum atomic E-state index is -4.33. The molecule has 5 rings (SSSR count). The number of pyridine rings is 1. The Balaban J connectivity index is 1.22. The number of carbonyl (C=O) groups is 1. The van der Waals surface area contributed by atoms with E-state index in [0.29, 0.717) is 37.2 Å². The second kappa shape index (κ2) is 12.7. The SMILES string of the molecule is O=C(CC[C@@H]1CN(Cc2ccccn2)CC[C@@H]1N1CCN(c2cccc(C(F)(F)F)c2)CC1)N1CCCCC1. The van der Waals surface area contributed by atoms with E-state index in [1.165, 1.54) is 18.6 Å². The maximum atomic E-state index is 13.2. The summed E-state index contributed by atoms with van der Waals surface area (Å²) in [5, 5.41) is 0. The number of nitrogens with zero attached hydrogens (tertiary/aromatic N) is 5.